The number of amides is 1. The van der Waals surface area contributed by atoms with E-state index in [0.717, 1.165) is 12.8 Å². The van der Waals surface area contributed by atoms with Crippen LogP contribution in [0.2, 0.25) is 5.02 Å². The Kier molecular flexibility index (Phi) is 4.79. The van der Waals surface area contributed by atoms with Crippen molar-refractivity contribution in [1.82, 2.24) is 29.9 Å². The van der Waals surface area contributed by atoms with Gasteiger partial charge in [0, 0.05) is 23.8 Å². The Hall–Kier alpha value is -3.46. The molecular weight excluding hydrogens is 442 g/mol. The predicted molar refractivity (Wildman–Crippen MR) is 122 cm³/mol. The Bertz CT molecular complexity index is 1280. The average molecular weight is 464 g/mol. The number of benzene rings is 1. The third kappa shape index (κ3) is 3.43. The van der Waals surface area contributed by atoms with E-state index in [1.165, 1.54) is 4.80 Å². The molecule has 3 fully saturated rings. The van der Waals surface area contributed by atoms with E-state index in [-0.39, 0.29) is 18.0 Å². The van der Waals surface area contributed by atoms with Crippen molar-refractivity contribution >= 4 is 34.8 Å². The maximum Gasteiger partial charge on any atom is 0.297 e. The molecule has 5 heterocycles. The molecule has 10 heteroatoms. The number of hydrogen-bond acceptors (Lipinski definition) is 7. The summed E-state index contributed by atoms with van der Waals surface area (Å²) in [5.74, 6) is 0.882. The zero-order chi connectivity index (χ0) is 22.5. The van der Waals surface area contributed by atoms with Crippen LogP contribution in [0.3, 0.4) is 0 Å². The molecule has 33 heavy (non-hydrogen) atoms. The molecule has 2 atom stereocenters. The van der Waals surface area contributed by atoms with Crippen LogP contribution in [0.1, 0.15) is 30.1 Å². The fourth-order valence-electron chi connectivity index (χ4n) is 5.10. The van der Waals surface area contributed by atoms with Gasteiger partial charge >= 0.3 is 0 Å². The number of aromatic nitrogens is 5. The highest BCUT2D eigenvalue weighted by atomic mass is 35.5. The molecule has 9 nitrogen and oxygen atoms in total. The summed E-state index contributed by atoms with van der Waals surface area (Å²) in [4.78, 5) is 26.1. The maximum atomic E-state index is 13.9. The summed E-state index contributed by atoms with van der Waals surface area (Å²) in [5.41, 5.74) is 2.29. The lowest BCUT2D eigenvalue weighted by atomic mass is 9.64. The number of anilines is 1. The Labute approximate surface area is 194 Å². The van der Waals surface area contributed by atoms with E-state index in [0.29, 0.717) is 51.9 Å². The second kappa shape index (κ2) is 7.84. The second-order valence-corrected chi connectivity index (χ2v) is 9.17. The lowest BCUT2D eigenvalue weighted by Crippen LogP contribution is -2.64. The van der Waals surface area contributed by atoms with Gasteiger partial charge in [-0.05, 0) is 55.0 Å². The molecule has 1 unspecified atom stereocenters. The van der Waals surface area contributed by atoms with Gasteiger partial charge in [-0.1, -0.05) is 18.5 Å². The van der Waals surface area contributed by atoms with E-state index in [1.54, 1.807) is 36.8 Å². The third-order valence-corrected chi connectivity index (χ3v) is 7.17. The molecule has 3 aliphatic rings. The van der Waals surface area contributed by atoms with E-state index in [9.17, 15) is 4.79 Å². The van der Waals surface area contributed by atoms with E-state index in [2.05, 4.69) is 32.4 Å². The minimum absolute atomic E-state index is 0.0182. The van der Waals surface area contributed by atoms with Crippen LogP contribution < -0.4 is 5.32 Å². The molecular formula is C23H22ClN7O2. The first-order chi connectivity index (χ1) is 16.1. The van der Waals surface area contributed by atoms with Crippen molar-refractivity contribution < 1.29 is 9.21 Å². The number of oxazole rings is 1. The summed E-state index contributed by atoms with van der Waals surface area (Å²) in [6.07, 6.45) is 6.89. The van der Waals surface area contributed by atoms with Crippen LogP contribution in [0.4, 0.5) is 6.01 Å². The molecule has 1 amide bonds. The number of carbonyl (C=O) groups is 1. The molecule has 1 aliphatic carbocycles. The first kappa shape index (κ1) is 20.2. The van der Waals surface area contributed by atoms with Crippen molar-refractivity contribution in [3.8, 4) is 5.69 Å². The van der Waals surface area contributed by atoms with Crippen molar-refractivity contribution in [1.29, 1.82) is 0 Å². The number of pyridine rings is 1. The molecule has 7 rings (SSSR count). The van der Waals surface area contributed by atoms with Crippen molar-refractivity contribution in [2.45, 2.75) is 31.8 Å². The summed E-state index contributed by atoms with van der Waals surface area (Å²) in [6.45, 7) is 2.75. The van der Waals surface area contributed by atoms with E-state index < -0.39 is 0 Å². The summed E-state index contributed by atoms with van der Waals surface area (Å²) < 4.78 is 5.72. The van der Waals surface area contributed by atoms with E-state index in [1.807, 2.05) is 17.0 Å². The highest BCUT2D eigenvalue weighted by molar-refractivity contribution is 6.31. The van der Waals surface area contributed by atoms with E-state index >= 15 is 0 Å². The summed E-state index contributed by atoms with van der Waals surface area (Å²) in [7, 11) is 0. The van der Waals surface area contributed by atoms with Crippen molar-refractivity contribution in [3.63, 3.8) is 0 Å². The van der Waals surface area contributed by atoms with Gasteiger partial charge in [-0.25, -0.2) is 4.98 Å². The highest BCUT2D eigenvalue weighted by Crippen LogP contribution is 2.47. The van der Waals surface area contributed by atoms with Crippen molar-refractivity contribution in [2.24, 2.45) is 11.8 Å². The Balaban J connectivity index is 1.31. The second-order valence-electron chi connectivity index (χ2n) is 8.73. The molecule has 0 spiro atoms. The number of carbonyl (C=O) groups excluding carboxylic acids is 1. The van der Waals surface area contributed by atoms with Gasteiger partial charge in [0.15, 0.2) is 0 Å². The number of hydrogen-bond donors (Lipinski definition) is 1. The fraction of sp³-hybridized carbons (Fsp3) is 0.348. The van der Waals surface area contributed by atoms with Crippen LogP contribution in [-0.2, 0) is 0 Å². The molecule has 2 saturated heterocycles. The number of piperidine rings is 2. The molecule has 168 valence electrons. The normalized spacial score (nSPS) is 24.0. The van der Waals surface area contributed by atoms with Crippen molar-refractivity contribution in [2.75, 3.05) is 11.9 Å². The van der Waals surface area contributed by atoms with E-state index in [4.69, 9.17) is 16.0 Å². The summed E-state index contributed by atoms with van der Waals surface area (Å²) in [5, 5.41) is 12.2. The maximum absolute atomic E-state index is 13.9. The minimum Gasteiger partial charge on any atom is -0.404 e. The fourth-order valence-corrected chi connectivity index (χ4v) is 5.27. The molecule has 1 aromatic carbocycles. The first-order valence-corrected chi connectivity index (χ1v) is 11.4. The lowest BCUT2D eigenvalue weighted by molar-refractivity contribution is -0.0503. The number of halogens is 1. The number of nitrogens with zero attached hydrogens (tertiary/aromatic N) is 6. The molecule has 1 N–H and O–H groups in total. The first-order valence-electron chi connectivity index (χ1n) is 11.0. The van der Waals surface area contributed by atoms with Gasteiger partial charge in [-0.2, -0.15) is 20.0 Å². The Morgan fingerprint density at radius 1 is 1.21 bits per heavy atom. The third-order valence-electron chi connectivity index (χ3n) is 6.94. The monoisotopic (exact) mass is 463 g/mol. The SMILES string of the molecule is C[C@@H]1C2CC(C2)N(C(=O)c2cc(Cl)ccc2-n2nccn2)C1CNc1nc2cccnc2o1. The molecule has 3 aromatic heterocycles. The van der Waals surface area contributed by atoms with Crippen LogP contribution in [0.5, 0.6) is 0 Å². The summed E-state index contributed by atoms with van der Waals surface area (Å²) >= 11 is 6.29. The molecule has 4 aromatic rings. The van der Waals surface area contributed by atoms with Gasteiger partial charge in [-0.15, -0.1) is 0 Å². The lowest BCUT2D eigenvalue weighted by Gasteiger charge is -2.57. The van der Waals surface area contributed by atoms with Crippen LogP contribution in [0, 0.1) is 11.8 Å². The smallest absolute Gasteiger partial charge is 0.297 e. The van der Waals surface area contributed by atoms with Crippen LogP contribution in [0.25, 0.3) is 16.9 Å². The number of fused-ring (bicyclic) bond motifs is 3. The van der Waals surface area contributed by atoms with Crippen LogP contribution in [0.15, 0.2) is 53.3 Å². The Morgan fingerprint density at radius 2 is 2.03 bits per heavy atom. The summed E-state index contributed by atoms with van der Waals surface area (Å²) in [6, 6.07) is 9.50. The van der Waals surface area contributed by atoms with Gasteiger partial charge in [0.25, 0.3) is 11.9 Å². The van der Waals surface area contributed by atoms with Gasteiger partial charge in [0.2, 0.25) is 5.71 Å². The molecule has 2 aliphatic heterocycles. The van der Waals surface area contributed by atoms with Crippen LogP contribution in [-0.4, -0.2) is 54.4 Å². The number of nitrogens with one attached hydrogen (secondary N) is 1. The van der Waals surface area contributed by atoms with Gasteiger partial charge < -0.3 is 14.6 Å². The van der Waals surface area contributed by atoms with Crippen molar-refractivity contribution in [3.05, 3.63) is 59.5 Å². The van der Waals surface area contributed by atoms with Crippen LogP contribution >= 0.6 is 11.6 Å². The Morgan fingerprint density at radius 3 is 2.82 bits per heavy atom. The highest BCUT2D eigenvalue weighted by Gasteiger charge is 2.50. The quantitative estimate of drug-likeness (QED) is 0.480. The average Bonchev–Trinajstić information content (AvgIpc) is 3.46. The zero-order valence-electron chi connectivity index (χ0n) is 17.9. The van der Waals surface area contributed by atoms with Gasteiger partial charge in [0.1, 0.15) is 5.52 Å². The van der Waals surface area contributed by atoms with Gasteiger partial charge in [0.05, 0.1) is 29.7 Å². The zero-order valence-corrected chi connectivity index (χ0v) is 18.7. The van der Waals surface area contributed by atoms with Gasteiger partial charge in [-0.3, -0.25) is 4.79 Å². The standard InChI is InChI=1S/C23H22ClN7O2/c1-13-14-9-16(10-14)30(20(13)12-26-23-29-18-3-2-6-25-21(18)33-23)22(32)17-11-15(24)4-5-19(17)31-27-7-8-28-31/h2-8,11,13-14,16,20H,9-10,12H2,1H3,(H,26,29)/t13-,14?,16?,20?/m1/s1. The minimum atomic E-state index is -0.0640. The molecule has 0 radical (unpaired) electrons. The molecule has 2 bridgehead atoms. The predicted octanol–water partition coefficient (Wildman–Crippen LogP) is 3.81. The molecule has 1 saturated carbocycles. The largest absolute Gasteiger partial charge is 0.404 e. The number of rotatable bonds is 5. The topological polar surface area (TPSA) is 102 Å².